The zero-order valence-corrected chi connectivity index (χ0v) is 11.9. The number of hydrogen-bond acceptors (Lipinski definition) is 2. The molecule has 1 unspecified atom stereocenters. The molecule has 19 heavy (non-hydrogen) atoms. The van der Waals surface area contributed by atoms with Crippen LogP contribution in [0.15, 0.2) is 24.3 Å². The Morgan fingerprint density at radius 2 is 1.84 bits per heavy atom. The van der Waals surface area contributed by atoms with E-state index in [1.54, 1.807) is 0 Å². The fourth-order valence-electron chi connectivity index (χ4n) is 2.67. The maximum atomic E-state index is 12.8. The van der Waals surface area contributed by atoms with Crippen LogP contribution in [0.25, 0.3) is 0 Å². The Balaban J connectivity index is 1.63. The second-order valence-corrected chi connectivity index (χ2v) is 5.48. The number of halogens is 1. The van der Waals surface area contributed by atoms with Crippen LogP contribution in [-0.2, 0) is 0 Å². The van der Waals surface area contributed by atoms with Gasteiger partial charge in [0, 0.05) is 6.04 Å². The van der Waals surface area contributed by atoms with Crippen LogP contribution in [-0.4, -0.2) is 31.1 Å². The third-order valence-corrected chi connectivity index (χ3v) is 3.92. The van der Waals surface area contributed by atoms with E-state index in [4.69, 9.17) is 0 Å². The fraction of sp³-hybridized carbons (Fsp3) is 0.625. The van der Waals surface area contributed by atoms with Crippen molar-refractivity contribution in [3.05, 3.63) is 35.6 Å². The molecule has 3 heteroatoms. The Labute approximate surface area is 116 Å². The van der Waals surface area contributed by atoms with Gasteiger partial charge in [-0.3, -0.25) is 0 Å². The largest absolute Gasteiger partial charge is 0.310 e. The smallest absolute Gasteiger partial charge is 0.123 e. The fourth-order valence-corrected chi connectivity index (χ4v) is 2.67. The van der Waals surface area contributed by atoms with Crippen molar-refractivity contribution >= 4 is 0 Å². The molecule has 106 valence electrons. The van der Waals surface area contributed by atoms with E-state index in [-0.39, 0.29) is 5.82 Å². The minimum absolute atomic E-state index is 0.166. The van der Waals surface area contributed by atoms with Gasteiger partial charge in [0.05, 0.1) is 0 Å². The molecular weight excluding hydrogens is 239 g/mol. The summed E-state index contributed by atoms with van der Waals surface area (Å²) in [6.45, 7) is 6.90. The summed E-state index contributed by atoms with van der Waals surface area (Å²) in [5.74, 6) is -0.166. The molecule has 1 atom stereocenters. The highest BCUT2D eigenvalue weighted by Gasteiger charge is 2.09. The molecule has 1 N–H and O–H groups in total. The zero-order valence-electron chi connectivity index (χ0n) is 11.9. The van der Waals surface area contributed by atoms with Crippen LogP contribution in [0.1, 0.15) is 44.2 Å². The number of piperidine rings is 1. The molecule has 0 spiro atoms. The van der Waals surface area contributed by atoms with Gasteiger partial charge in [-0.05, 0) is 70.1 Å². The highest BCUT2D eigenvalue weighted by atomic mass is 19.1. The van der Waals surface area contributed by atoms with Crippen molar-refractivity contribution in [2.24, 2.45) is 0 Å². The third-order valence-electron chi connectivity index (χ3n) is 3.92. The van der Waals surface area contributed by atoms with Gasteiger partial charge in [0.2, 0.25) is 0 Å². The second kappa shape index (κ2) is 7.61. The van der Waals surface area contributed by atoms with Gasteiger partial charge in [-0.15, -0.1) is 0 Å². The van der Waals surface area contributed by atoms with Crippen LogP contribution in [0.5, 0.6) is 0 Å². The van der Waals surface area contributed by atoms with Crippen molar-refractivity contribution in [3.63, 3.8) is 0 Å². The highest BCUT2D eigenvalue weighted by Crippen LogP contribution is 2.13. The summed E-state index contributed by atoms with van der Waals surface area (Å²) in [5.41, 5.74) is 1.15. The topological polar surface area (TPSA) is 15.3 Å². The van der Waals surface area contributed by atoms with Gasteiger partial charge in [0.15, 0.2) is 0 Å². The van der Waals surface area contributed by atoms with Crippen LogP contribution in [0, 0.1) is 5.82 Å². The number of nitrogens with zero attached hydrogens (tertiary/aromatic N) is 1. The third kappa shape index (κ3) is 4.92. The van der Waals surface area contributed by atoms with E-state index in [0.717, 1.165) is 12.1 Å². The molecule has 1 aliphatic heterocycles. The Hall–Kier alpha value is -0.930. The monoisotopic (exact) mass is 264 g/mol. The average molecular weight is 264 g/mol. The van der Waals surface area contributed by atoms with Crippen LogP contribution in [0.2, 0.25) is 0 Å². The normalized spacial score (nSPS) is 18.4. The van der Waals surface area contributed by atoms with E-state index in [0.29, 0.717) is 6.04 Å². The van der Waals surface area contributed by atoms with Crippen molar-refractivity contribution in [2.75, 3.05) is 26.2 Å². The van der Waals surface area contributed by atoms with Gasteiger partial charge in [0.1, 0.15) is 5.82 Å². The van der Waals surface area contributed by atoms with Gasteiger partial charge >= 0.3 is 0 Å². The average Bonchev–Trinajstić information content (AvgIpc) is 2.45. The molecule has 0 amide bonds. The van der Waals surface area contributed by atoms with Crippen LogP contribution < -0.4 is 5.32 Å². The lowest BCUT2D eigenvalue weighted by Gasteiger charge is -2.26. The van der Waals surface area contributed by atoms with E-state index in [9.17, 15) is 4.39 Å². The molecule has 1 heterocycles. The summed E-state index contributed by atoms with van der Waals surface area (Å²) in [5, 5.41) is 3.51. The van der Waals surface area contributed by atoms with E-state index in [1.807, 2.05) is 12.1 Å². The molecule has 0 saturated carbocycles. The number of nitrogens with one attached hydrogen (secondary N) is 1. The summed E-state index contributed by atoms with van der Waals surface area (Å²) >= 11 is 0. The molecule has 2 nitrogen and oxygen atoms in total. The molecular formula is C16H25FN2. The van der Waals surface area contributed by atoms with Crippen molar-refractivity contribution in [2.45, 2.75) is 38.6 Å². The van der Waals surface area contributed by atoms with E-state index >= 15 is 0 Å². The van der Waals surface area contributed by atoms with E-state index in [1.165, 1.54) is 57.5 Å². The van der Waals surface area contributed by atoms with Crippen molar-refractivity contribution in [1.82, 2.24) is 10.2 Å². The number of likely N-dealkylation sites (tertiary alicyclic amines) is 1. The molecule has 1 aromatic carbocycles. The molecule has 2 rings (SSSR count). The number of benzene rings is 1. The second-order valence-electron chi connectivity index (χ2n) is 5.48. The van der Waals surface area contributed by atoms with Gasteiger partial charge in [-0.2, -0.15) is 0 Å². The first-order valence-electron chi connectivity index (χ1n) is 7.47. The maximum Gasteiger partial charge on any atom is 0.123 e. The molecule has 0 aromatic heterocycles. The lowest BCUT2D eigenvalue weighted by atomic mass is 10.1. The van der Waals surface area contributed by atoms with Gasteiger partial charge in [-0.1, -0.05) is 18.6 Å². The lowest BCUT2D eigenvalue weighted by molar-refractivity contribution is 0.225. The summed E-state index contributed by atoms with van der Waals surface area (Å²) in [7, 11) is 0. The molecule has 0 aliphatic carbocycles. The van der Waals surface area contributed by atoms with E-state index in [2.05, 4.69) is 17.1 Å². The Morgan fingerprint density at radius 3 is 2.53 bits per heavy atom. The first kappa shape index (κ1) is 14.5. The van der Waals surface area contributed by atoms with Crippen LogP contribution >= 0.6 is 0 Å². The number of hydrogen-bond donors (Lipinski definition) is 1. The predicted molar refractivity (Wildman–Crippen MR) is 77.7 cm³/mol. The SMILES string of the molecule is CC(NCCCN1CCCCC1)c1ccc(F)cc1. The minimum Gasteiger partial charge on any atom is -0.310 e. The Kier molecular flexibility index (Phi) is 5.80. The first-order chi connectivity index (χ1) is 9.25. The summed E-state index contributed by atoms with van der Waals surface area (Å²) in [6.07, 6.45) is 5.31. The summed E-state index contributed by atoms with van der Waals surface area (Å²) in [4.78, 5) is 2.56. The standard InChI is InChI=1S/C16H25FN2/c1-14(15-6-8-16(17)9-7-15)18-10-5-13-19-11-3-2-4-12-19/h6-9,14,18H,2-5,10-13H2,1H3. The highest BCUT2D eigenvalue weighted by molar-refractivity contribution is 5.19. The molecule has 1 fully saturated rings. The Bertz CT molecular complexity index is 358. The van der Waals surface area contributed by atoms with E-state index < -0.39 is 0 Å². The number of rotatable bonds is 6. The minimum atomic E-state index is -0.166. The molecule has 0 bridgehead atoms. The molecule has 1 saturated heterocycles. The van der Waals surface area contributed by atoms with Gasteiger partial charge in [0.25, 0.3) is 0 Å². The van der Waals surface area contributed by atoms with Crippen LogP contribution in [0.4, 0.5) is 4.39 Å². The molecule has 1 aliphatic rings. The molecule has 1 aromatic rings. The zero-order chi connectivity index (χ0) is 13.5. The Morgan fingerprint density at radius 1 is 1.16 bits per heavy atom. The molecule has 0 radical (unpaired) electrons. The quantitative estimate of drug-likeness (QED) is 0.793. The summed E-state index contributed by atoms with van der Waals surface area (Å²) < 4.78 is 12.8. The lowest BCUT2D eigenvalue weighted by Crippen LogP contribution is -2.32. The van der Waals surface area contributed by atoms with Crippen molar-refractivity contribution < 1.29 is 4.39 Å². The van der Waals surface area contributed by atoms with Gasteiger partial charge in [-0.25, -0.2) is 4.39 Å². The predicted octanol–water partition coefficient (Wildman–Crippen LogP) is 3.35. The van der Waals surface area contributed by atoms with Gasteiger partial charge < -0.3 is 10.2 Å². The summed E-state index contributed by atoms with van der Waals surface area (Å²) in [6, 6.07) is 7.07. The van der Waals surface area contributed by atoms with Crippen LogP contribution in [0.3, 0.4) is 0 Å². The maximum absolute atomic E-state index is 12.8. The van der Waals surface area contributed by atoms with Crippen molar-refractivity contribution in [3.8, 4) is 0 Å². The first-order valence-corrected chi connectivity index (χ1v) is 7.47. The van der Waals surface area contributed by atoms with Crippen molar-refractivity contribution in [1.29, 1.82) is 0 Å².